The molecule has 38 heavy (non-hydrogen) atoms. The summed E-state index contributed by atoms with van der Waals surface area (Å²) in [6.07, 6.45) is 1.79. The van der Waals surface area contributed by atoms with Gasteiger partial charge in [0.1, 0.15) is 17.2 Å². The van der Waals surface area contributed by atoms with Crippen molar-refractivity contribution in [2.45, 2.75) is 25.4 Å². The van der Waals surface area contributed by atoms with E-state index in [1.807, 2.05) is 30.3 Å². The van der Waals surface area contributed by atoms with Gasteiger partial charge in [-0.15, -0.1) is 0 Å². The monoisotopic (exact) mass is 530 g/mol. The molecule has 0 saturated carbocycles. The van der Waals surface area contributed by atoms with Crippen LogP contribution in [0.2, 0.25) is 5.02 Å². The molecule has 0 atom stereocenters. The molecule has 0 spiro atoms. The number of nitrogens with one attached hydrogen (secondary N) is 1. The number of hydrogen-bond acceptors (Lipinski definition) is 5. The first-order chi connectivity index (χ1) is 18.5. The van der Waals surface area contributed by atoms with Gasteiger partial charge in [-0.2, -0.15) is 5.10 Å². The zero-order chi connectivity index (χ0) is 26.5. The van der Waals surface area contributed by atoms with E-state index in [-0.39, 0.29) is 11.9 Å². The fraction of sp³-hybridized carbons (Fsp3) is 0.267. The Bertz CT molecular complexity index is 1380. The number of halogens is 1. The molecule has 0 bridgehead atoms. The fourth-order valence-corrected chi connectivity index (χ4v) is 4.93. The van der Waals surface area contributed by atoms with Crippen molar-refractivity contribution in [3.05, 3.63) is 95.1 Å². The number of amides is 1. The van der Waals surface area contributed by atoms with Crippen LogP contribution in [0.15, 0.2) is 78.9 Å². The van der Waals surface area contributed by atoms with Gasteiger partial charge in [0.25, 0.3) is 5.91 Å². The number of piperidine rings is 1. The zero-order valence-corrected chi connectivity index (χ0v) is 22.3. The highest BCUT2D eigenvalue weighted by molar-refractivity contribution is 6.30. The van der Waals surface area contributed by atoms with E-state index in [2.05, 4.69) is 34.5 Å². The van der Waals surface area contributed by atoms with Crippen LogP contribution in [0.1, 0.15) is 28.9 Å². The summed E-state index contributed by atoms with van der Waals surface area (Å²) in [6, 6.07) is 25.2. The van der Waals surface area contributed by atoms with Crippen molar-refractivity contribution in [1.82, 2.24) is 20.0 Å². The highest BCUT2D eigenvalue weighted by atomic mass is 35.5. The third-order valence-corrected chi connectivity index (χ3v) is 7.12. The lowest BCUT2D eigenvalue weighted by Crippen LogP contribution is -2.44. The Morgan fingerprint density at radius 1 is 0.974 bits per heavy atom. The van der Waals surface area contributed by atoms with Gasteiger partial charge in [-0.05, 0) is 60.9 Å². The molecule has 2 heterocycles. The number of ether oxygens (including phenoxy) is 2. The van der Waals surface area contributed by atoms with Crippen LogP contribution in [-0.4, -0.2) is 53.9 Å². The molecular weight excluding hydrogens is 500 g/mol. The van der Waals surface area contributed by atoms with Gasteiger partial charge in [0.05, 0.1) is 25.6 Å². The number of rotatable bonds is 8. The van der Waals surface area contributed by atoms with Crippen molar-refractivity contribution in [3.63, 3.8) is 0 Å². The number of carbonyl (C=O) groups excluding carboxylic acids is 1. The van der Waals surface area contributed by atoms with Crippen molar-refractivity contribution < 1.29 is 14.3 Å². The molecule has 1 aromatic heterocycles. The van der Waals surface area contributed by atoms with Crippen LogP contribution in [0.25, 0.3) is 16.9 Å². The quantitative estimate of drug-likeness (QED) is 0.321. The standard InChI is InChI=1S/C30H31ClN4O3/c1-37-25-12-13-26(29(18-25)38-2)27-19-28(35(33-27)24-10-8-22(31)9-11-24)30(36)32-23-14-16-34(17-15-23)20-21-6-4-3-5-7-21/h3-13,18-19,23H,14-17,20H2,1-2H3,(H,32,36). The molecule has 3 aromatic carbocycles. The maximum Gasteiger partial charge on any atom is 0.270 e. The van der Waals surface area contributed by atoms with Gasteiger partial charge >= 0.3 is 0 Å². The molecule has 1 aliphatic heterocycles. The molecule has 1 aliphatic rings. The molecule has 4 aromatic rings. The Hall–Kier alpha value is -3.81. The fourth-order valence-electron chi connectivity index (χ4n) is 4.80. The van der Waals surface area contributed by atoms with Crippen LogP contribution in [0, 0.1) is 0 Å². The van der Waals surface area contributed by atoms with Gasteiger partial charge in [0, 0.05) is 42.3 Å². The van der Waals surface area contributed by atoms with E-state index in [1.54, 1.807) is 43.2 Å². The third-order valence-electron chi connectivity index (χ3n) is 6.87. The molecular formula is C30H31ClN4O3. The van der Waals surface area contributed by atoms with E-state index in [0.717, 1.165) is 43.7 Å². The highest BCUT2D eigenvalue weighted by Crippen LogP contribution is 2.33. The molecule has 1 fully saturated rings. The van der Waals surface area contributed by atoms with Crippen LogP contribution in [0.4, 0.5) is 0 Å². The molecule has 1 N–H and O–H groups in total. The molecule has 196 valence electrons. The summed E-state index contributed by atoms with van der Waals surface area (Å²) >= 11 is 6.12. The lowest BCUT2D eigenvalue weighted by atomic mass is 10.0. The second-order valence-corrected chi connectivity index (χ2v) is 9.82. The van der Waals surface area contributed by atoms with Crippen LogP contribution >= 0.6 is 11.6 Å². The first kappa shape index (κ1) is 25.8. The van der Waals surface area contributed by atoms with Gasteiger partial charge in [-0.25, -0.2) is 4.68 Å². The smallest absolute Gasteiger partial charge is 0.270 e. The van der Waals surface area contributed by atoms with Crippen molar-refractivity contribution in [2.75, 3.05) is 27.3 Å². The number of hydrogen-bond donors (Lipinski definition) is 1. The Morgan fingerprint density at radius 3 is 2.39 bits per heavy atom. The van der Waals surface area contributed by atoms with Gasteiger partial charge in [0.2, 0.25) is 0 Å². The number of methoxy groups -OCH3 is 2. The summed E-state index contributed by atoms with van der Waals surface area (Å²) in [4.78, 5) is 16.0. The van der Waals surface area contributed by atoms with Gasteiger partial charge in [0.15, 0.2) is 0 Å². The number of likely N-dealkylation sites (tertiary alicyclic amines) is 1. The minimum atomic E-state index is -0.160. The van der Waals surface area contributed by atoms with E-state index in [0.29, 0.717) is 27.9 Å². The van der Waals surface area contributed by atoms with E-state index < -0.39 is 0 Å². The van der Waals surface area contributed by atoms with Gasteiger partial charge in [-0.1, -0.05) is 41.9 Å². The minimum absolute atomic E-state index is 0.0991. The van der Waals surface area contributed by atoms with Gasteiger partial charge in [-0.3, -0.25) is 9.69 Å². The SMILES string of the molecule is COc1ccc(-c2cc(C(=O)NC3CCN(Cc4ccccc4)CC3)n(-c3ccc(Cl)cc3)n2)c(OC)c1. The Kier molecular flexibility index (Phi) is 7.96. The summed E-state index contributed by atoms with van der Waals surface area (Å²) in [5.74, 6) is 1.13. The molecule has 7 nitrogen and oxygen atoms in total. The summed E-state index contributed by atoms with van der Waals surface area (Å²) in [6.45, 7) is 2.80. The van der Waals surface area contributed by atoms with E-state index in [9.17, 15) is 4.79 Å². The second-order valence-electron chi connectivity index (χ2n) is 9.38. The van der Waals surface area contributed by atoms with Crippen molar-refractivity contribution in [1.29, 1.82) is 0 Å². The Labute approximate surface area is 227 Å². The van der Waals surface area contributed by atoms with Crippen LogP contribution in [-0.2, 0) is 6.54 Å². The molecule has 8 heteroatoms. The predicted octanol–water partition coefficient (Wildman–Crippen LogP) is 5.60. The van der Waals surface area contributed by atoms with E-state index in [1.165, 1.54) is 5.56 Å². The largest absolute Gasteiger partial charge is 0.497 e. The summed E-state index contributed by atoms with van der Waals surface area (Å²) in [5.41, 5.74) is 3.90. The number of benzene rings is 3. The Morgan fingerprint density at radius 2 is 1.71 bits per heavy atom. The minimum Gasteiger partial charge on any atom is -0.497 e. The molecule has 0 aliphatic carbocycles. The number of aromatic nitrogens is 2. The average Bonchev–Trinajstić information content (AvgIpc) is 3.40. The molecule has 0 unspecified atom stereocenters. The van der Waals surface area contributed by atoms with Crippen LogP contribution in [0.3, 0.4) is 0 Å². The van der Waals surface area contributed by atoms with Crippen LogP contribution < -0.4 is 14.8 Å². The zero-order valence-electron chi connectivity index (χ0n) is 21.6. The first-order valence-electron chi connectivity index (χ1n) is 12.7. The van der Waals surface area contributed by atoms with Crippen molar-refractivity contribution in [3.8, 4) is 28.4 Å². The maximum absolute atomic E-state index is 13.6. The van der Waals surface area contributed by atoms with E-state index in [4.69, 9.17) is 26.2 Å². The van der Waals surface area contributed by atoms with Crippen molar-refractivity contribution in [2.24, 2.45) is 0 Å². The number of nitrogens with zero attached hydrogens (tertiary/aromatic N) is 3. The van der Waals surface area contributed by atoms with Crippen LogP contribution in [0.5, 0.6) is 11.5 Å². The lowest BCUT2D eigenvalue weighted by molar-refractivity contribution is 0.0901. The highest BCUT2D eigenvalue weighted by Gasteiger charge is 2.25. The Balaban J connectivity index is 1.36. The normalized spacial score (nSPS) is 14.3. The molecule has 5 rings (SSSR count). The summed E-state index contributed by atoms with van der Waals surface area (Å²) in [7, 11) is 3.21. The van der Waals surface area contributed by atoms with Crippen molar-refractivity contribution >= 4 is 17.5 Å². The third kappa shape index (κ3) is 5.85. The lowest BCUT2D eigenvalue weighted by Gasteiger charge is -2.32. The maximum atomic E-state index is 13.6. The summed E-state index contributed by atoms with van der Waals surface area (Å²) < 4.78 is 12.6. The second kappa shape index (κ2) is 11.7. The van der Waals surface area contributed by atoms with E-state index >= 15 is 0 Å². The molecule has 0 radical (unpaired) electrons. The predicted molar refractivity (Wildman–Crippen MR) is 149 cm³/mol. The topological polar surface area (TPSA) is 68.6 Å². The number of carbonyl (C=O) groups is 1. The average molecular weight is 531 g/mol. The molecule has 1 saturated heterocycles. The first-order valence-corrected chi connectivity index (χ1v) is 13.1. The summed E-state index contributed by atoms with van der Waals surface area (Å²) in [5, 5.41) is 8.67. The van der Waals surface area contributed by atoms with Gasteiger partial charge < -0.3 is 14.8 Å². The molecule has 1 amide bonds.